The lowest BCUT2D eigenvalue weighted by Gasteiger charge is -2.08. The number of hydrogen-bond donors (Lipinski definition) is 2. The smallest absolute Gasteiger partial charge is 0.260 e. The van der Waals surface area contributed by atoms with Gasteiger partial charge < -0.3 is 11.1 Å². The van der Waals surface area contributed by atoms with Crippen LogP contribution in [0.15, 0.2) is 48.5 Å². The Labute approximate surface area is 98.1 Å². The molecule has 2 aromatic carbocycles. The summed E-state index contributed by atoms with van der Waals surface area (Å²) in [5.41, 5.74) is 6.17. The van der Waals surface area contributed by atoms with Crippen molar-refractivity contribution in [2.75, 3.05) is 11.1 Å². The van der Waals surface area contributed by atoms with E-state index in [2.05, 4.69) is 5.32 Å². The molecule has 0 aliphatic heterocycles. The largest absolute Gasteiger partial charge is 0.398 e. The zero-order valence-electron chi connectivity index (χ0n) is 8.98. The van der Waals surface area contributed by atoms with Gasteiger partial charge in [0.2, 0.25) is 0 Å². The van der Waals surface area contributed by atoms with Gasteiger partial charge in [-0.05, 0) is 24.3 Å². The number of hydrogen-bond acceptors (Lipinski definition) is 2. The van der Waals surface area contributed by atoms with Crippen molar-refractivity contribution < 1.29 is 9.18 Å². The van der Waals surface area contributed by atoms with Crippen LogP contribution in [0.4, 0.5) is 15.8 Å². The van der Waals surface area contributed by atoms with Crippen LogP contribution in [0.5, 0.6) is 0 Å². The lowest BCUT2D eigenvalue weighted by atomic mass is 10.1. The van der Waals surface area contributed by atoms with Crippen molar-refractivity contribution in [3.05, 3.63) is 59.9 Å². The summed E-state index contributed by atoms with van der Waals surface area (Å²) in [5.74, 6) is -1.18. The van der Waals surface area contributed by atoms with Gasteiger partial charge in [0.25, 0.3) is 5.91 Å². The highest BCUT2D eigenvalue weighted by Gasteiger charge is 2.14. The third-order valence-electron chi connectivity index (χ3n) is 2.30. The Bertz CT molecular complexity index is 520. The predicted octanol–water partition coefficient (Wildman–Crippen LogP) is 2.66. The second-order valence-corrected chi connectivity index (χ2v) is 3.52. The highest BCUT2D eigenvalue weighted by Crippen LogP contribution is 2.17. The van der Waals surface area contributed by atoms with Crippen LogP contribution in [0.25, 0.3) is 0 Å². The zero-order chi connectivity index (χ0) is 12.3. The number of para-hydroxylation sites is 1. The van der Waals surface area contributed by atoms with Crippen molar-refractivity contribution in [1.29, 1.82) is 0 Å². The number of amides is 1. The molecule has 3 N–H and O–H groups in total. The molecule has 0 saturated heterocycles. The van der Waals surface area contributed by atoms with Gasteiger partial charge >= 0.3 is 0 Å². The number of rotatable bonds is 2. The third kappa shape index (κ3) is 2.42. The SMILES string of the molecule is Nc1cccc(F)c1C(=O)Nc1ccccc1. The van der Waals surface area contributed by atoms with E-state index in [0.717, 1.165) is 0 Å². The van der Waals surface area contributed by atoms with E-state index in [4.69, 9.17) is 5.73 Å². The lowest BCUT2D eigenvalue weighted by molar-refractivity contribution is 0.102. The monoisotopic (exact) mass is 230 g/mol. The molecule has 0 atom stereocenters. The van der Waals surface area contributed by atoms with Gasteiger partial charge in [0, 0.05) is 11.4 Å². The Morgan fingerprint density at radius 1 is 1.06 bits per heavy atom. The van der Waals surface area contributed by atoms with Gasteiger partial charge in [0.05, 0.1) is 5.56 Å². The predicted molar refractivity (Wildman–Crippen MR) is 65.2 cm³/mol. The summed E-state index contributed by atoms with van der Waals surface area (Å²) in [6.45, 7) is 0. The van der Waals surface area contributed by atoms with Crippen molar-refractivity contribution in [2.24, 2.45) is 0 Å². The second-order valence-electron chi connectivity index (χ2n) is 3.52. The highest BCUT2D eigenvalue weighted by molar-refractivity contribution is 6.07. The van der Waals surface area contributed by atoms with E-state index in [1.165, 1.54) is 18.2 Å². The zero-order valence-corrected chi connectivity index (χ0v) is 8.98. The molecule has 0 unspecified atom stereocenters. The number of nitrogens with two attached hydrogens (primary N) is 1. The number of nitrogen functional groups attached to an aromatic ring is 1. The van der Waals surface area contributed by atoms with Crippen LogP contribution in [0.1, 0.15) is 10.4 Å². The van der Waals surface area contributed by atoms with Crippen molar-refractivity contribution >= 4 is 17.3 Å². The average Bonchev–Trinajstić information content (AvgIpc) is 2.30. The Hall–Kier alpha value is -2.36. The van der Waals surface area contributed by atoms with Crippen LogP contribution in [-0.4, -0.2) is 5.91 Å². The van der Waals surface area contributed by atoms with E-state index in [9.17, 15) is 9.18 Å². The molecule has 0 heterocycles. The van der Waals surface area contributed by atoms with Crippen LogP contribution >= 0.6 is 0 Å². The van der Waals surface area contributed by atoms with Crippen molar-refractivity contribution in [1.82, 2.24) is 0 Å². The molecule has 3 nitrogen and oxygen atoms in total. The first-order valence-electron chi connectivity index (χ1n) is 5.09. The summed E-state index contributed by atoms with van der Waals surface area (Å²) in [7, 11) is 0. The number of halogens is 1. The molecule has 0 aliphatic carbocycles. The number of carbonyl (C=O) groups excluding carboxylic acids is 1. The first kappa shape index (κ1) is 11.1. The fourth-order valence-electron chi connectivity index (χ4n) is 1.50. The van der Waals surface area contributed by atoms with Gasteiger partial charge in [0.1, 0.15) is 5.82 Å². The molecule has 0 aromatic heterocycles. The molecule has 0 aliphatic rings. The lowest BCUT2D eigenvalue weighted by Crippen LogP contribution is -2.15. The molecule has 2 aromatic rings. The van der Waals surface area contributed by atoms with Gasteiger partial charge in [-0.15, -0.1) is 0 Å². The summed E-state index contributed by atoms with van der Waals surface area (Å²) in [5, 5.41) is 2.58. The quantitative estimate of drug-likeness (QED) is 0.779. The van der Waals surface area contributed by atoms with E-state index in [-0.39, 0.29) is 11.3 Å². The third-order valence-corrected chi connectivity index (χ3v) is 2.30. The first-order chi connectivity index (χ1) is 8.18. The standard InChI is InChI=1S/C13H11FN2O/c14-10-7-4-8-11(15)12(10)13(17)16-9-5-2-1-3-6-9/h1-8H,15H2,(H,16,17). The summed E-state index contributed by atoms with van der Waals surface area (Å²) < 4.78 is 13.5. The van der Waals surface area contributed by atoms with Crippen LogP contribution in [0, 0.1) is 5.82 Å². The van der Waals surface area contributed by atoms with E-state index in [0.29, 0.717) is 5.69 Å². The Morgan fingerprint density at radius 3 is 2.41 bits per heavy atom. The van der Waals surface area contributed by atoms with Crippen LogP contribution in [-0.2, 0) is 0 Å². The molecule has 4 heteroatoms. The highest BCUT2D eigenvalue weighted by atomic mass is 19.1. The number of benzene rings is 2. The number of nitrogens with one attached hydrogen (secondary N) is 1. The van der Waals surface area contributed by atoms with Gasteiger partial charge in [-0.1, -0.05) is 24.3 Å². The summed E-state index contributed by atoms with van der Waals surface area (Å²) in [6.07, 6.45) is 0. The minimum Gasteiger partial charge on any atom is -0.398 e. The molecule has 1 amide bonds. The topological polar surface area (TPSA) is 55.1 Å². The maximum atomic E-state index is 13.5. The first-order valence-corrected chi connectivity index (χ1v) is 5.09. The molecule has 2 rings (SSSR count). The summed E-state index contributed by atoms with van der Waals surface area (Å²) in [4.78, 5) is 11.8. The normalized spacial score (nSPS) is 9.94. The Kier molecular flexibility index (Phi) is 3.05. The van der Waals surface area contributed by atoms with E-state index < -0.39 is 11.7 Å². The fourth-order valence-corrected chi connectivity index (χ4v) is 1.50. The fraction of sp³-hybridized carbons (Fsp3) is 0. The maximum absolute atomic E-state index is 13.5. The molecule has 0 fully saturated rings. The second kappa shape index (κ2) is 4.65. The Balaban J connectivity index is 2.27. The van der Waals surface area contributed by atoms with Gasteiger partial charge in [-0.25, -0.2) is 4.39 Å². The van der Waals surface area contributed by atoms with Crippen molar-refractivity contribution in [3.63, 3.8) is 0 Å². The minimum atomic E-state index is -0.626. The van der Waals surface area contributed by atoms with E-state index >= 15 is 0 Å². The van der Waals surface area contributed by atoms with Gasteiger partial charge in [-0.2, -0.15) is 0 Å². The Morgan fingerprint density at radius 2 is 1.76 bits per heavy atom. The average molecular weight is 230 g/mol. The maximum Gasteiger partial charge on any atom is 0.260 e. The molecule has 0 spiro atoms. The molecular weight excluding hydrogens is 219 g/mol. The summed E-state index contributed by atoms with van der Waals surface area (Å²) >= 11 is 0. The van der Waals surface area contributed by atoms with Crippen LogP contribution in [0.3, 0.4) is 0 Å². The number of carbonyl (C=O) groups is 1. The van der Waals surface area contributed by atoms with Crippen molar-refractivity contribution in [3.8, 4) is 0 Å². The number of anilines is 2. The summed E-state index contributed by atoms with van der Waals surface area (Å²) in [6, 6.07) is 13.0. The molecule has 86 valence electrons. The molecular formula is C13H11FN2O. The molecule has 0 radical (unpaired) electrons. The minimum absolute atomic E-state index is 0.124. The van der Waals surface area contributed by atoms with Gasteiger partial charge in [0.15, 0.2) is 0 Å². The molecule has 0 saturated carbocycles. The molecule has 0 bridgehead atoms. The molecule has 17 heavy (non-hydrogen) atoms. The van der Waals surface area contributed by atoms with Crippen LogP contribution in [0.2, 0.25) is 0 Å². The van der Waals surface area contributed by atoms with Crippen LogP contribution < -0.4 is 11.1 Å². The van der Waals surface area contributed by atoms with Crippen molar-refractivity contribution in [2.45, 2.75) is 0 Å². The van der Waals surface area contributed by atoms with E-state index in [1.54, 1.807) is 24.3 Å². The van der Waals surface area contributed by atoms with Gasteiger partial charge in [-0.3, -0.25) is 4.79 Å². The van der Waals surface area contributed by atoms with E-state index in [1.807, 2.05) is 6.07 Å².